The molecule has 0 N–H and O–H groups in total. The zero-order valence-electron chi connectivity index (χ0n) is 11.0. The molecule has 1 aliphatic heterocycles. The number of rotatable bonds is 4. The van der Waals surface area contributed by atoms with Crippen LogP contribution in [0.25, 0.3) is 0 Å². The molecule has 1 fully saturated rings. The van der Waals surface area contributed by atoms with Crippen LogP contribution in [0.5, 0.6) is 5.75 Å². The quantitative estimate of drug-likeness (QED) is 0.846. The van der Waals surface area contributed by atoms with E-state index >= 15 is 0 Å². The van der Waals surface area contributed by atoms with E-state index in [4.69, 9.17) is 13.9 Å². The first kappa shape index (κ1) is 12.2. The summed E-state index contributed by atoms with van der Waals surface area (Å²) in [5.74, 6) is 2.77. The molecule has 100 valence electrons. The number of hydrogen-bond donors (Lipinski definition) is 0. The van der Waals surface area contributed by atoms with E-state index in [1.165, 1.54) is 5.56 Å². The molecule has 2 aromatic rings. The van der Waals surface area contributed by atoms with E-state index in [1.54, 1.807) is 6.20 Å². The Morgan fingerprint density at radius 1 is 1.32 bits per heavy atom. The Morgan fingerprint density at radius 2 is 2.16 bits per heavy atom. The zero-order valence-corrected chi connectivity index (χ0v) is 11.0. The van der Waals surface area contributed by atoms with Crippen molar-refractivity contribution in [3.8, 4) is 5.75 Å². The van der Waals surface area contributed by atoms with Gasteiger partial charge < -0.3 is 13.9 Å². The van der Waals surface area contributed by atoms with Crippen molar-refractivity contribution in [1.82, 2.24) is 4.98 Å². The van der Waals surface area contributed by atoms with Crippen LogP contribution in [0.1, 0.15) is 29.6 Å². The molecule has 1 unspecified atom stereocenters. The van der Waals surface area contributed by atoms with E-state index in [0.29, 0.717) is 18.4 Å². The van der Waals surface area contributed by atoms with Crippen molar-refractivity contribution in [3.05, 3.63) is 47.7 Å². The highest BCUT2D eigenvalue weighted by Crippen LogP contribution is 2.26. The van der Waals surface area contributed by atoms with E-state index in [1.807, 2.05) is 19.1 Å². The molecule has 0 radical (unpaired) electrons. The van der Waals surface area contributed by atoms with Crippen LogP contribution in [0.3, 0.4) is 0 Å². The summed E-state index contributed by atoms with van der Waals surface area (Å²) in [5.41, 5.74) is 1.32. The number of aromatic nitrogens is 1. The van der Waals surface area contributed by atoms with Gasteiger partial charge in [-0.25, -0.2) is 4.98 Å². The molecule has 3 rings (SSSR count). The highest BCUT2D eigenvalue weighted by Gasteiger charge is 2.17. The summed E-state index contributed by atoms with van der Waals surface area (Å²) >= 11 is 0. The zero-order chi connectivity index (χ0) is 13.1. The SMILES string of the molecule is Cc1cnc(COc2ccc(C3CCOC3)cc2)o1. The van der Waals surface area contributed by atoms with Gasteiger partial charge in [0.25, 0.3) is 0 Å². The second-order valence-electron chi connectivity index (χ2n) is 4.78. The number of benzene rings is 1. The van der Waals surface area contributed by atoms with Gasteiger partial charge in [-0.3, -0.25) is 0 Å². The average molecular weight is 259 g/mol. The van der Waals surface area contributed by atoms with Gasteiger partial charge in [0.1, 0.15) is 11.5 Å². The minimum absolute atomic E-state index is 0.361. The molecule has 0 spiro atoms. The van der Waals surface area contributed by atoms with Gasteiger partial charge in [-0.05, 0) is 31.0 Å². The molecule has 4 nitrogen and oxygen atoms in total. The Bertz CT molecular complexity index is 527. The summed E-state index contributed by atoms with van der Waals surface area (Å²) in [6.07, 6.45) is 2.80. The monoisotopic (exact) mass is 259 g/mol. The minimum Gasteiger partial charge on any atom is -0.484 e. The first-order chi connectivity index (χ1) is 9.31. The van der Waals surface area contributed by atoms with E-state index in [-0.39, 0.29) is 0 Å². The Hall–Kier alpha value is -1.81. The van der Waals surface area contributed by atoms with Gasteiger partial charge in [0.2, 0.25) is 5.89 Å². The lowest BCUT2D eigenvalue weighted by atomic mass is 9.99. The van der Waals surface area contributed by atoms with Crippen molar-refractivity contribution >= 4 is 0 Å². The highest BCUT2D eigenvalue weighted by atomic mass is 16.5. The maximum atomic E-state index is 5.64. The van der Waals surface area contributed by atoms with Crippen LogP contribution in [0.15, 0.2) is 34.9 Å². The molecule has 2 heterocycles. The predicted octanol–water partition coefficient (Wildman–Crippen LogP) is 3.07. The summed E-state index contributed by atoms with van der Waals surface area (Å²) in [4.78, 5) is 4.10. The fourth-order valence-corrected chi connectivity index (χ4v) is 2.25. The summed E-state index contributed by atoms with van der Waals surface area (Å²) in [7, 11) is 0. The molecule has 0 amide bonds. The number of nitrogens with zero attached hydrogens (tertiary/aromatic N) is 1. The Kier molecular flexibility index (Phi) is 3.51. The third kappa shape index (κ3) is 2.96. The third-order valence-electron chi connectivity index (χ3n) is 3.31. The van der Waals surface area contributed by atoms with E-state index in [9.17, 15) is 0 Å². The van der Waals surface area contributed by atoms with E-state index in [0.717, 1.165) is 31.1 Å². The number of oxazole rings is 1. The maximum absolute atomic E-state index is 5.64. The molecule has 1 aliphatic rings. The second kappa shape index (κ2) is 5.45. The van der Waals surface area contributed by atoms with Gasteiger partial charge in [-0.15, -0.1) is 0 Å². The molecule has 4 heteroatoms. The first-order valence-electron chi connectivity index (χ1n) is 6.53. The predicted molar refractivity (Wildman–Crippen MR) is 70.2 cm³/mol. The summed E-state index contributed by atoms with van der Waals surface area (Å²) in [6, 6.07) is 8.19. The van der Waals surface area contributed by atoms with Crippen LogP contribution in [0.2, 0.25) is 0 Å². The lowest BCUT2D eigenvalue weighted by Gasteiger charge is -2.09. The van der Waals surface area contributed by atoms with Crippen molar-refractivity contribution < 1.29 is 13.9 Å². The van der Waals surface area contributed by atoms with Crippen LogP contribution < -0.4 is 4.74 Å². The topological polar surface area (TPSA) is 44.5 Å². The van der Waals surface area contributed by atoms with Crippen LogP contribution in [-0.2, 0) is 11.3 Å². The van der Waals surface area contributed by atoms with Gasteiger partial charge in [0.15, 0.2) is 6.61 Å². The molecule has 0 saturated carbocycles. The third-order valence-corrected chi connectivity index (χ3v) is 3.31. The molecular weight excluding hydrogens is 242 g/mol. The Labute approximate surface area is 112 Å². The molecule has 19 heavy (non-hydrogen) atoms. The molecule has 1 saturated heterocycles. The van der Waals surface area contributed by atoms with Crippen LogP contribution in [-0.4, -0.2) is 18.2 Å². The van der Waals surface area contributed by atoms with Crippen LogP contribution in [0.4, 0.5) is 0 Å². The standard InChI is InChI=1S/C15H17NO3/c1-11-8-16-15(19-11)10-18-14-4-2-12(3-5-14)13-6-7-17-9-13/h2-5,8,13H,6-7,9-10H2,1H3. The van der Waals surface area contributed by atoms with Gasteiger partial charge in [-0.1, -0.05) is 12.1 Å². The van der Waals surface area contributed by atoms with Crippen molar-refractivity contribution in [2.24, 2.45) is 0 Å². The van der Waals surface area contributed by atoms with Crippen molar-refractivity contribution in [2.75, 3.05) is 13.2 Å². The number of hydrogen-bond acceptors (Lipinski definition) is 4. The maximum Gasteiger partial charge on any atom is 0.232 e. The summed E-state index contributed by atoms with van der Waals surface area (Å²) in [5, 5.41) is 0. The summed E-state index contributed by atoms with van der Waals surface area (Å²) < 4.78 is 16.4. The van der Waals surface area contributed by atoms with Crippen LogP contribution in [0, 0.1) is 6.92 Å². The second-order valence-corrected chi connectivity index (χ2v) is 4.78. The van der Waals surface area contributed by atoms with Crippen molar-refractivity contribution in [2.45, 2.75) is 25.9 Å². The van der Waals surface area contributed by atoms with Gasteiger partial charge in [-0.2, -0.15) is 0 Å². The highest BCUT2D eigenvalue weighted by molar-refractivity contribution is 5.29. The molecule has 1 aromatic carbocycles. The van der Waals surface area contributed by atoms with Gasteiger partial charge >= 0.3 is 0 Å². The number of aryl methyl sites for hydroxylation is 1. The fourth-order valence-electron chi connectivity index (χ4n) is 2.25. The molecule has 0 bridgehead atoms. The van der Waals surface area contributed by atoms with Gasteiger partial charge in [0, 0.05) is 12.5 Å². The van der Waals surface area contributed by atoms with Gasteiger partial charge in [0.05, 0.1) is 12.8 Å². The molecule has 1 atom stereocenters. The van der Waals surface area contributed by atoms with Crippen LogP contribution >= 0.6 is 0 Å². The Morgan fingerprint density at radius 3 is 2.79 bits per heavy atom. The lowest BCUT2D eigenvalue weighted by molar-refractivity contribution is 0.194. The lowest BCUT2D eigenvalue weighted by Crippen LogP contribution is -1.98. The normalized spacial score (nSPS) is 18.7. The average Bonchev–Trinajstić information content (AvgIpc) is 3.08. The Balaban J connectivity index is 1.59. The first-order valence-corrected chi connectivity index (χ1v) is 6.53. The number of ether oxygens (including phenoxy) is 2. The molecule has 1 aromatic heterocycles. The van der Waals surface area contributed by atoms with Crippen molar-refractivity contribution in [1.29, 1.82) is 0 Å². The molecule has 0 aliphatic carbocycles. The smallest absolute Gasteiger partial charge is 0.232 e. The summed E-state index contributed by atoms with van der Waals surface area (Å²) in [6.45, 7) is 3.93. The minimum atomic E-state index is 0.361. The molecular formula is C15H17NO3. The van der Waals surface area contributed by atoms with Crippen molar-refractivity contribution in [3.63, 3.8) is 0 Å². The van der Waals surface area contributed by atoms with E-state index in [2.05, 4.69) is 17.1 Å². The largest absolute Gasteiger partial charge is 0.484 e. The fraction of sp³-hybridized carbons (Fsp3) is 0.400. The van der Waals surface area contributed by atoms with E-state index < -0.39 is 0 Å².